The summed E-state index contributed by atoms with van der Waals surface area (Å²) in [6, 6.07) is 37.0. The van der Waals surface area contributed by atoms with Gasteiger partial charge < -0.3 is 8.83 Å². The van der Waals surface area contributed by atoms with E-state index in [0.29, 0.717) is 11.8 Å². The van der Waals surface area contributed by atoms with Crippen LogP contribution in [0, 0.1) is 12.8 Å². The molecule has 0 unspecified atom stereocenters. The second kappa shape index (κ2) is 21.2. The minimum atomic E-state index is -0.147. The molecule has 0 atom stereocenters. The predicted octanol–water partition coefficient (Wildman–Crippen LogP) is 17.8. The quantitative estimate of drug-likeness (QED) is 0.0444. The normalized spacial score (nSPS) is 13.9. The lowest BCUT2D eigenvalue weighted by Crippen LogP contribution is -2.26. The highest BCUT2D eigenvalue weighted by atomic mass is 16.4. The van der Waals surface area contributed by atoms with E-state index in [-0.39, 0.29) is 28.5 Å². The second-order valence-electron chi connectivity index (χ2n) is 20.2. The maximum Gasteiger partial charge on any atom is 0.306 e. The van der Waals surface area contributed by atoms with E-state index in [0.717, 1.165) is 56.1 Å². The van der Waals surface area contributed by atoms with E-state index >= 15 is 0 Å². The molecule has 7 aromatic rings. The third-order valence-corrected chi connectivity index (χ3v) is 15.5. The Morgan fingerprint density at radius 1 is 0.435 bits per heavy atom. The molecule has 0 saturated heterocycles. The highest BCUT2D eigenvalue weighted by Gasteiger charge is 2.44. The fourth-order valence-electron chi connectivity index (χ4n) is 12.0. The van der Waals surface area contributed by atoms with Crippen LogP contribution in [-0.4, -0.2) is 20.4 Å². The average Bonchev–Trinajstić information content (AvgIpc) is 4.17. The molecule has 0 aliphatic heterocycles. The molecule has 0 N–H and O–H groups in total. The number of allylic oxidation sites excluding steroid dienone is 2. The van der Waals surface area contributed by atoms with Crippen LogP contribution >= 0.6 is 0 Å². The molecule has 6 nitrogen and oxygen atoms in total. The summed E-state index contributed by atoms with van der Waals surface area (Å²) >= 11 is 0. The molecule has 2 heterocycles. The fraction of sp³-hybridized carbons (Fsp3) is 0.397. The molecule has 356 valence electrons. The Morgan fingerprint density at radius 3 is 1.33 bits per heavy atom. The Bertz CT molecular complexity index is 2870. The van der Waals surface area contributed by atoms with Crippen LogP contribution in [-0.2, 0) is 17.3 Å². The van der Waals surface area contributed by atoms with Crippen molar-refractivity contribution in [2.45, 2.75) is 155 Å². The Labute approximate surface area is 411 Å². The predicted molar refractivity (Wildman–Crippen MR) is 285 cm³/mol. The first-order valence-electron chi connectivity index (χ1n) is 26.4. The number of rotatable bonds is 24. The van der Waals surface area contributed by atoms with Crippen LogP contribution in [0.4, 0.5) is 0 Å². The standard InChI is InChI=1S/C63H72N4O2/c1-8-14-16-18-20-36-63(37-21-19-17-15-9-2)56-41-48(47-27-31-51-50-30-22-43(7)38-54(50)62(34-10-3,35-11-4)55(51)40-47)28-32-52(56)53-33-29-49(42-57(53)63)59-65-67-61(69-59)60-66-64-58(68-60)46-25-23-45(24-26-46)39-44(12-5)13-6/h12-13,22-33,38,40-42,44H,5-6,8-11,14-21,34-37,39H2,1-4,7H3. The van der Waals surface area contributed by atoms with Gasteiger partial charge in [-0.25, -0.2) is 0 Å². The van der Waals surface area contributed by atoms with Gasteiger partial charge in [0.15, 0.2) is 0 Å². The first-order chi connectivity index (χ1) is 33.8. The molecule has 9 rings (SSSR count). The van der Waals surface area contributed by atoms with Crippen LogP contribution in [0.2, 0.25) is 0 Å². The first-order valence-corrected chi connectivity index (χ1v) is 26.4. The molecule has 2 aliphatic rings. The molecule has 0 radical (unpaired) electrons. The second-order valence-corrected chi connectivity index (χ2v) is 20.2. The molecular weight excluding hydrogens is 845 g/mol. The van der Waals surface area contributed by atoms with E-state index in [9.17, 15) is 0 Å². The molecule has 0 saturated carbocycles. The number of hydrogen-bond donors (Lipinski definition) is 0. The van der Waals surface area contributed by atoms with E-state index in [1.165, 1.54) is 131 Å². The molecule has 2 aliphatic carbocycles. The molecule has 0 fully saturated rings. The zero-order valence-electron chi connectivity index (χ0n) is 42.0. The molecule has 0 amide bonds. The van der Waals surface area contributed by atoms with Crippen LogP contribution < -0.4 is 0 Å². The summed E-state index contributed by atoms with van der Waals surface area (Å²) in [6.07, 6.45) is 24.0. The van der Waals surface area contributed by atoms with Gasteiger partial charge in [-0.15, -0.1) is 33.6 Å². The van der Waals surface area contributed by atoms with E-state index in [1.54, 1.807) is 0 Å². The zero-order valence-corrected chi connectivity index (χ0v) is 42.0. The summed E-state index contributed by atoms with van der Waals surface area (Å²) in [6.45, 7) is 19.4. The minimum Gasteiger partial charge on any atom is -0.412 e. The Balaban J connectivity index is 1.08. The lowest BCUT2D eigenvalue weighted by Gasteiger charge is -2.33. The number of fused-ring (bicyclic) bond motifs is 6. The smallest absolute Gasteiger partial charge is 0.306 e. The summed E-state index contributed by atoms with van der Waals surface area (Å²) < 4.78 is 12.5. The van der Waals surface area contributed by atoms with Gasteiger partial charge in [-0.3, -0.25) is 0 Å². The van der Waals surface area contributed by atoms with Crippen LogP contribution in [0.5, 0.6) is 0 Å². The third-order valence-electron chi connectivity index (χ3n) is 15.5. The van der Waals surface area contributed by atoms with Gasteiger partial charge in [0.2, 0.25) is 11.8 Å². The highest BCUT2D eigenvalue weighted by Crippen LogP contribution is 2.58. The molecule has 69 heavy (non-hydrogen) atoms. The summed E-state index contributed by atoms with van der Waals surface area (Å²) in [5, 5.41) is 17.7. The molecule has 0 bridgehead atoms. The molecule has 5 aromatic carbocycles. The Morgan fingerprint density at radius 2 is 0.841 bits per heavy atom. The molecule has 6 heteroatoms. The SMILES string of the molecule is C=CC(C=C)Cc1ccc(-c2nnc(-c3nnc(-c4ccc5c(c4)C(CCCCCCC)(CCCCCCC)c4cc(-c6ccc7c(c6)C(CCC)(CCC)c6cc(C)ccc6-7)ccc4-5)o3)o2)cc1. The number of hydrogen-bond acceptors (Lipinski definition) is 6. The Hall–Kier alpha value is -6.14. The first kappa shape index (κ1) is 47.9. The average molecular weight is 917 g/mol. The maximum atomic E-state index is 6.41. The van der Waals surface area contributed by atoms with Crippen molar-refractivity contribution in [2.75, 3.05) is 0 Å². The van der Waals surface area contributed by atoms with E-state index in [4.69, 9.17) is 8.83 Å². The summed E-state index contributed by atoms with van der Waals surface area (Å²) in [7, 11) is 0. The van der Waals surface area contributed by atoms with Crippen molar-refractivity contribution in [3.8, 4) is 68.1 Å². The molecule has 0 spiro atoms. The van der Waals surface area contributed by atoms with Crippen LogP contribution in [0.25, 0.3) is 68.1 Å². The van der Waals surface area contributed by atoms with Gasteiger partial charge in [0.1, 0.15) is 0 Å². The lowest BCUT2D eigenvalue weighted by molar-refractivity contribution is 0.399. The summed E-state index contributed by atoms with van der Waals surface area (Å²) in [4.78, 5) is 0. The van der Waals surface area contributed by atoms with Crippen molar-refractivity contribution in [2.24, 2.45) is 5.92 Å². The van der Waals surface area contributed by atoms with Crippen molar-refractivity contribution < 1.29 is 8.83 Å². The lowest BCUT2D eigenvalue weighted by atomic mass is 9.69. The fourth-order valence-corrected chi connectivity index (χ4v) is 12.0. The maximum absolute atomic E-state index is 6.41. The van der Waals surface area contributed by atoms with Crippen molar-refractivity contribution in [1.82, 2.24) is 20.4 Å². The van der Waals surface area contributed by atoms with Gasteiger partial charge in [-0.1, -0.05) is 183 Å². The van der Waals surface area contributed by atoms with Crippen molar-refractivity contribution >= 4 is 0 Å². The van der Waals surface area contributed by atoms with Crippen molar-refractivity contribution in [3.05, 3.63) is 156 Å². The van der Waals surface area contributed by atoms with Crippen LogP contribution in [0.1, 0.15) is 164 Å². The topological polar surface area (TPSA) is 77.8 Å². The van der Waals surface area contributed by atoms with Crippen molar-refractivity contribution in [1.29, 1.82) is 0 Å². The van der Waals surface area contributed by atoms with E-state index in [2.05, 4.69) is 153 Å². The van der Waals surface area contributed by atoms with Gasteiger partial charge in [0, 0.05) is 22.0 Å². The number of unbranched alkanes of at least 4 members (excludes halogenated alkanes) is 8. The number of aromatic nitrogens is 4. The van der Waals surface area contributed by atoms with Crippen LogP contribution in [0.15, 0.2) is 131 Å². The highest BCUT2D eigenvalue weighted by molar-refractivity contribution is 5.88. The number of aryl methyl sites for hydroxylation is 1. The molecule has 2 aromatic heterocycles. The monoisotopic (exact) mass is 917 g/mol. The van der Waals surface area contributed by atoms with Crippen molar-refractivity contribution in [3.63, 3.8) is 0 Å². The van der Waals surface area contributed by atoms with E-state index < -0.39 is 0 Å². The third kappa shape index (κ3) is 9.36. The minimum absolute atomic E-state index is 0.0361. The van der Waals surface area contributed by atoms with Gasteiger partial charge in [0.25, 0.3) is 0 Å². The van der Waals surface area contributed by atoms with Gasteiger partial charge >= 0.3 is 11.8 Å². The van der Waals surface area contributed by atoms with E-state index in [1.807, 2.05) is 24.3 Å². The van der Waals surface area contributed by atoms with Gasteiger partial charge in [0.05, 0.1) is 0 Å². The number of benzene rings is 5. The number of nitrogens with zero attached hydrogens (tertiary/aromatic N) is 4. The largest absolute Gasteiger partial charge is 0.412 e. The Kier molecular flexibility index (Phi) is 14.7. The van der Waals surface area contributed by atoms with Gasteiger partial charge in [-0.05, 0) is 143 Å². The summed E-state index contributed by atoms with van der Waals surface area (Å²) in [5.74, 6) is 1.48. The van der Waals surface area contributed by atoms with Crippen LogP contribution in [0.3, 0.4) is 0 Å². The van der Waals surface area contributed by atoms with Gasteiger partial charge in [-0.2, -0.15) is 0 Å². The zero-order chi connectivity index (χ0) is 48.0. The molecular formula is C63H72N4O2. The summed E-state index contributed by atoms with van der Waals surface area (Å²) in [5.41, 5.74) is 18.2.